The number of alkyl carbamates (subject to hydrolysis) is 1. The maximum atomic E-state index is 12.8. The molecule has 1 fully saturated rings. The first-order chi connectivity index (χ1) is 11.1. The van der Waals surface area contributed by atoms with E-state index < -0.39 is 17.1 Å². The van der Waals surface area contributed by atoms with Crippen LogP contribution in [-0.4, -0.2) is 39.7 Å². The Kier molecular flexibility index (Phi) is 3.77. The van der Waals surface area contributed by atoms with Gasteiger partial charge >= 0.3 is 6.09 Å². The quantitative estimate of drug-likeness (QED) is 0.897. The van der Waals surface area contributed by atoms with Gasteiger partial charge in [0.15, 0.2) is 5.82 Å². The molecule has 1 aliphatic heterocycles. The van der Waals surface area contributed by atoms with Crippen LogP contribution in [0, 0.1) is 0 Å². The third-order valence-electron chi connectivity index (χ3n) is 4.45. The fourth-order valence-corrected chi connectivity index (χ4v) is 3.18. The van der Waals surface area contributed by atoms with Gasteiger partial charge in [0.25, 0.3) is 0 Å². The highest BCUT2D eigenvalue weighted by atomic mass is 16.6. The molecule has 7 heteroatoms. The number of hydrogen-bond donors (Lipinski definition) is 1. The zero-order chi connectivity index (χ0) is 17.7. The Morgan fingerprint density at radius 3 is 2.54 bits per heavy atom. The van der Waals surface area contributed by atoms with Gasteiger partial charge in [-0.3, -0.25) is 14.7 Å². The van der Waals surface area contributed by atoms with Gasteiger partial charge in [0.2, 0.25) is 5.91 Å². The van der Waals surface area contributed by atoms with Crippen LogP contribution in [0.5, 0.6) is 0 Å². The van der Waals surface area contributed by atoms with E-state index in [0.29, 0.717) is 18.7 Å². The molecule has 1 saturated carbocycles. The highest BCUT2D eigenvalue weighted by molar-refractivity contribution is 6.06. The highest BCUT2D eigenvalue weighted by Gasteiger charge is 2.51. The molecule has 3 rings (SSSR count). The van der Waals surface area contributed by atoms with Crippen LogP contribution in [0.15, 0.2) is 12.4 Å². The summed E-state index contributed by atoms with van der Waals surface area (Å²) in [5, 5.41) is 2.85. The highest BCUT2D eigenvalue weighted by Crippen LogP contribution is 2.43. The summed E-state index contributed by atoms with van der Waals surface area (Å²) in [7, 11) is 0. The summed E-state index contributed by atoms with van der Waals surface area (Å²) in [6.45, 7) is 9.24. The summed E-state index contributed by atoms with van der Waals surface area (Å²) in [5.41, 5.74) is -0.456. The maximum absolute atomic E-state index is 12.8. The Morgan fingerprint density at radius 2 is 1.92 bits per heavy atom. The van der Waals surface area contributed by atoms with Gasteiger partial charge in [-0.15, -0.1) is 0 Å². The van der Waals surface area contributed by atoms with Crippen molar-refractivity contribution in [1.29, 1.82) is 0 Å². The van der Waals surface area contributed by atoms with Gasteiger partial charge in [-0.2, -0.15) is 0 Å². The van der Waals surface area contributed by atoms with Crippen molar-refractivity contribution in [2.45, 2.75) is 70.6 Å². The minimum absolute atomic E-state index is 0.0153. The number of ether oxygens (including phenoxy) is 1. The van der Waals surface area contributed by atoms with Gasteiger partial charge in [0.05, 0.1) is 11.1 Å². The zero-order valence-corrected chi connectivity index (χ0v) is 14.8. The molecule has 0 saturated heterocycles. The Hall–Kier alpha value is -2.18. The standard InChI is InChI=1S/C17H24N4O3/c1-16(2,3)24-15(23)20-10-8-11(9-10)21-13-12(18-6-7-19-13)17(4,5)14(21)22/h6-7,10-11H,8-9H2,1-5H3,(H,20,23)/t10-,11+. The molecule has 2 heterocycles. The van der Waals surface area contributed by atoms with Crippen LogP contribution in [0.4, 0.5) is 10.6 Å². The van der Waals surface area contributed by atoms with E-state index in [-0.39, 0.29) is 18.0 Å². The van der Waals surface area contributed by atoms with Crippen molar-refractivity contribution in [2.24, 2.45) is 0 Å². The predicted octanol–water partition coefficient (Wildman–Crippen LogP) is 2.16. The van der Waals surface area contributed by atoms with E-state index >= 15 is 0 Å². The number of amides is 2. The van der Waals surface area contributed by atoms with Crippen molar-refractivity contribution in [3.05, 3.63) is 18.1 Å². The summed E-state index contributed by atoms with van der Waals surface area (Å²) in [6, 6.07) is 0.0520. The molecule has 1 aromatic rings. The zero-order valence-electron chi connectivity index (χ0n) is 14.8. The van der Waals surface area contributed by atoms with Gasteiger partial charge in [-0.1, -0.05) is 0 Å². The van der Waals surface area contributed by atoms with Crippen molar-refractivity contribution in [2.75, 3.05) is 4.90 Å². The first-order valence-electron chi connectivity index (χ1n) is 8.24. The van der Waals surface area contributed by atoms with E-state index in [1.807, 2.05) is 34.6 Å². The lowest BCUT2D eigenvalue weighted by Crippen LogP contribution is -2.56. The Balaban J connectivity index is 1.65. The average molecular weight is 332 g/mol. The minimum Gasteiger partial charge on any atom is -0.444 e. The molecule has 2 aliphatic rings. The molecule has 130 valence electrons. The number of rotatable bonds is 2. The van der Waals surface area contributed by atoms with Crippen LogP contribution >= 0.6 is 0 Å². The third kappa shape index (κ3) is 2.83. The predicted molar refractivity (Wildman–Crippen MR) is 88.7 cm³/mol. The van der Waals surface area contributed by atoms with Crippen LogP contribution in [-0.2, 0) is 14.9 Å². The molecular formula is C17H24N4O3. The molecule has 0 bridgehead atoms. The number of carbonyl (C=O) groups excluding carboxylic acids is 2. The van der Waals surface area contributed by atoms with Crippen LogP contribution in [0.3, 0.4) is 0 Å². The van der Waals surface area contributed by atoms with Crippen molar-refractivity contribution in [3.63, 3.8) is 0 Å². The summed E-state index contributed by atoms with van der Waals surface area (Å²) in [4.78, 5) is 35.0. The number of aromatic nitrogens is 2. The summed E-state index contributed by atoms with van der Waals surface area (Å²) >= 11 is 0. The lowest BCUT2D eigenvalue weighted by molar-refractivity contribution is -0.123. The van der Waals surface area contributed by atoms with E-state index in [1.54, 1.807) is 17.3 Å². The van der Waals surface area contributed by atoms with E-state index in [9.17, 15) is 9.59 Å². The van der Waals surface area contributed by atoms with Crippen LogP contribution in [0.1, 0.15) is 53.2 Å². The maximum Gasteiger partial charge on any atom is 0.407 e. The molecule has 2 amide bonds. The number of fused-ring (bicyclic) bond motifs is 1. The van der Waals surface area contributed by atoms with Crippen molar-refractivity contribution < 1.29 is 14.3 Å². The van der Waals surface area contributed by atoms with Crippen LogP contribution in [0.2, 0.25) is 0 Å². The first-order valence-corrected chi connectivity index (χ1v) is 8.24. The van der Waals surface area contributed by atoms with E-state index in [0.717, 1.165) is 5.69 Å². The van der Waals surface area contributed by atoms with E-state index in [1.165, 1.54) is 0 Å². The second-order valence-electron chi connectivity index (χ2n) is 8.00. The van der Waals surface area contributed by atoms with Crippen LogP contribution in [0.25, 0.3) is 0 Å². The van der Waals surface area contributed by atoms with E-state index in [4.69, 9.17) is 4.74 Å². The average Bonchev–Trinajstić information content (AvgIpc) is 2.61. The second kappa shape index (κ2) is 5.43. The second-order valence-corrected chi connectivity index (χ2v) is 8.00. The Bertz CT molecular complexity index is 675. The summed E-state index contributed by atoms with van der Waals surface area (Å²) < 4.78 is 5.26. The molecule has 0 atom stereocenters. The first kappa shape index (κ1) is 16.7. The lowest BCUT2D eigenvalue weighted by Gasteiger charge is -2.41. The molecule has 1 aromatic heterocycles. The topological polar surface area (TPSA) is 84.4 Å². The van der Waals surface area contributed by atoms with Gasteiger partial charge in [0, 0.05) is 24.5 Å². The normalized spacial score (nSPS) is 25.0. The molecule has 0 spiro atoms. The monoisotopic (exact) mass is 332 g/mol. The third-order valence-corrected chi connectivity index (χ3v) is 4.45. The van der Waals surface area contributed by atoms with Gasteiger partial charge in [-0.05, 0) is 47.5 Å². The van der Waals surface area contributed by atoms with Gasteiger partial charge in [0.1, 0.15) is 5.60 Å². The molecular weight excluding hydrogens is 308 g/mol. The Morgan fingerprint density at radius 1 is 1.29 bits per heavy atom. The molecule has 0 aromatic carbocycles. The largest absolute Gasteiger partial charge is 0.444 e. The van der Waals surface area contributed by atoms with Crippen molar-refractivity contribution in [3.8, 4) is 0 Å². The van der Waals surface area contributed by atoms with E-state index in [2.05, 4.69) is 15.3 Å². The van der Waals surface area contributed by atoms with Gasteiger partial charge in [-0.25, -0.2) is 9.78 Å². The molecule has 24 heavy (non-hydrogen) atoms. The summed E-state index contributed by atoms with van der Waals surface area (Å²) in [5.74, 6) is 0.664. The molecule has 0 unspecified atom stereocenters. The number of anilines is 1. The van der Waals surface area contributed by atoms with Gasteiger partial charge < -0.3 is 10.1 Å². The van der Waals surface area contributed by atoms with Crippen molar-refractivity contribution >= 4 is 17.8 Å². The van der Waals surface area contributed by atoms with Crippen LogP contribution < -0.4 is 10.2 Å². The number of nitrogens with zero attached hydrogens (tertiary/aromatic N) is 3. The molecule has 1 aliphatic carbocycles. The molecule has 1 N–H and O–H groups in total. The Labute approximate surface area is 141 Å². The molecule has 7 nitrogen and oxygen atoms in total. The SMILES string of the molecule is CC(C)(C)OC(=O)N[C@H]1C[C@@H](N2C(=O)C(C)(C)c3nccnc32)C1. The smallest absolute Gasteiger partial charge is 0.407 e. The minimum atomic E-state index is -0.659. The molecule has 0 radical (unpaired) electrons. The fourth-order valence-electron chi connectivity index (χ4n) is 3.18. The van der Waals surface area contributed by atoms with Crippen molar-refractivity contribution in [1.82, 2.24) is 15.3 Å². The number of nitrogens with one attached hydrogen (secondary N) is 1. The fraction of sp³-hybridized carbons (Fsp3) is 0.647. The number of hydrogen-bond acceptors (Lipinski definition) is 5. The summed E-state index contributed by atoms with van der Waals surface area (Å²) in [6.07, 6.45) is 4.19. The number of carbonyl (C=O) groups is 2. The lowest BCUT2D eigenvalue weighted by atomic mass is 9.85.